The molecule has 2 aliphatic rings. The third kappa shape index (κ3) is 5.07. The molecule has 0 aromatic heterocycles. The SMILES string of the molecule is CCC1CCCC(NCCN(C)C2CCCC2)CC1. The van der Waals surface area contributed by atoms with Gasteiger partial charge in [-0.1, -0.05) is 39.0 Å². The molecular formula is C17H34N2. The van der Waals surface area contributed by atoms with Crippen LogP contribution in [0.25, 0.3) is 0 Å². The molecule has 2 unspecified atom stereocenters. The smallest absolute Gasteiger partial charge is 0.0107 e. The summed E-state index contributed by atoms with van der Waals surface area (Å²) in [6.07, 6.45) is 14.3. The maximum Gasteiger partial charge on any atom is 0.0107 e. The highest BCUT2D eigenvalue weighted by Crippen LogP contribution is 2.25. The van der Waals surface area contributed by atoms with E-state index >= 15 is 0 Å². The molecule has 0 aromatic carbocycles. The van der Waals surface area contributed by atoms with Crippen molar-refractivity contribution in [1.29, 1.82) is 0 Å². The maximum atomic E-state index is 3.82. The zero-order chi connectivity index (χ0) is 13.5. The molecule has 0 radical (unpaired) electrons. The van der Waals surface area contributed by atoms with Crippen LogP contribution in [0.4, 0.5) is 0 Å². The lowest BCUT2D eigenvalue weighted by atomic mass is 9.98. The second-order valence-corrected chi connectivity index (χ2v) is 6.85. The van der Waals surface area contributed by atoms with Crippen LogP contribution in [0, 0.1) is 5.92 Å². The van der Waals surface area contributed by atoms with E-state index in [0.717, 1.165) is 18.0 Å². The Labute approximate surface area is 120 Å². The summed E-state index contributed by atoms with van der Waals surface area (Å²) in [7, 11) is 2.32. The van der Waals surface area contributed by atoms with Crippen molar-refractivity contribution in [3.05, 3.63) is 0 Å². The highest BCUT2D eigenvalue weighted by molar-refractivity contribution is 4.78. The van der Waals surface area contributed by atoms with Crippen LogP contribution in [-0.4, -0.2) is 37.1 Å². The second-order valence-electron chi connectivity index (χ2n) is 6.85. The van der Waals surface area contributed by atoms with E-state index in [-0.39, 0.29) is 0 Å². The lowest BCUT2D eigenvalue weighted by Gasteiger charge is -2.25. The van der Waals surface area contributed by atoms with Gasteiger partial charge in [0.2, 0.25) is 0 Å². The lowest BCUT2D eigenvalue weighted by Crippen LogP contribution is -2.39. The highest BCUT2D eigenvalue weighted by atomic mass is 15.1. The normalized spacial score (nSPS) is 29.8. The van der Waals surface area contributed by atoms with Crippen LogP contribution in [-0.2, 0) is 0 Å². The first-order valence-electron chi connectivity index (χ1n) is 8.73. The van der Waals surface area contributed by atoms with Crippen LogP contribution < -0.4 is 5.32 Å². The second kappa shape index (κ2) is 8.26. The van der Waals surface area contributed by atoms with E-state index in [0.29, 0.717) is 0 Å². The van der Waals surface area contributed by atoms with Gasteiger partial charge in [-0.25, -0.2) is 0 Å². The van der Waals surface area contributed by atoms with E-state index in [1.165, 1.54) is 77.3 Å². The summed E-state index contributed by atoms with van der Waals surface area (Å²) in [4.78, 5) is 2.59. The van der Waals surface area contributed by atoms with Crippen molar-refractivity contribution >= 4 is 0 Å². The Morgan fingerprint density at radius 2 is 1.74 bits per heavy atom. The molecule has 112 valence electrons. The Bertz CT molecular complexity index is 235. The van der Waals surface area contributed by atoms with Gasteiger partial charge in [0.05, 0.1) is 0 Å². The van der Waals surface area contributed by atoms with Gasteiger partial charge in [-0.15, -0.1) is 0 Å². The first-order valence-corrected chi connectivity index (χ1v) is 8.73. The van der Waals surface area contributed by atoms with Crippen molar-refractivity contribution in [2.45, 2.75) is 83.2 Å². The monoisotopic (exact) mass is 266 g/mol. The molecule has 2 heteroatoms. The van der Waals surface area contributed by atoms with E-state index in [1.54, 1.807) is 0 Å². The Hall–Kier alpha value is -0.0800. The Morgan fingerprint density at radius 3 is 2.47 bits per heavy atom. The van der Waals surface area contributed by atoms with Crippen molar-refractivity contribution in [1.82, 2.24) is 10.2 Å². The molecule has 19 heavy (non-hydrogen) atoms. The maximum absolute atomic E-state index is 3.82. The summed E-state index contributed by atoms with van der Waals surface area (Å²) in [6.45, 7) is 4.78. The molecule has 0 aromatic rings. The first-order chi connectivity index (χ1) is 9.29. The van der Waals surface area contributed by atoms with Gasteiger partial charge >= 0.3 is 0 Å². The average Bonchev–Trinajstić information content (AvgIpc) is 2.86. The highest BCUT2D eigenvalue weighted by Gasteiger charge is 2.20. The molecule has 2 saturated carbocycles. The topological polar surface area (TPSA) is 15.3 Å². The summed E-state index contributed by atoms with van der Waals surface area (Å²) in [5.74, 6) is 1.01. The van der Waals surface area contributed by atoms with Crippen LogP contribution in [0.15, 0.2) is 0 Å². The fraction of sp³-hybridized carbons (Fsp3) is 1.00. The van der Waals surface area contributed by atoms with E-state index in [1.807, 2.05) is 0 Å². The van der Waals surface area contributed by atoms with Gasteiger partial charge in [0, 0.05) is 25.2 Å². The van der Waals surface area contributed by atoms with E-state index in [2.05, 4.69) is 24.2 Å². The molecule has 2 nitrogen and oxygen atoms in total. The van der Waals surface area contributed by atoms with Gasteiger partial charge in [0.15, 0.2) is 0 Å². The molecule has 2 atom stereocenters. The third-order valence-electron chi connectivity index (χ3n) is 5.51. The van der Waals surface area contributed by atoms with Crippen LogP contribution in [0.3, 0.4) is 0 Å². The van der Waals surface area contributed by atoms with Crippen LogP contribution in [0.1, 0.15) is 71.1 Å². The zero-order valence-electron chi connectivity index (χ0n) is 13.2. The van der Waals surface area contributed by atoms with Gasteiger partial charge in [-0.2, -0.15) is 0 Å². The molecule has 0 amide bonds. The summed E-state index contributed by atoms with van der Waals surface area (Å²) < 4.78 is 0. The molecular weight excluding hydrogens is 232 g/mol. The Balaban J connectivity index is 1.59. The number of hydrogen-bond acceptors (Lipinski definition) is 2. The van der Waals surface area contributed by atoms with Crippen LogP contribution >= 0.6 is 0 Å². The van der Waals surface area contributed by atoms with Crippen molar-refractivity contribution in [2.75, 3.05) is 20.1 Å². The molecule has 0 heterocycles. The fourth-order valence-corrected chi connectivity index (χ4v) is 3.96. The molecule has 0 aliphatic heterocycles. The molecule has 2 rings (SSSR count). The fourth-order valence-electron chi connectivity index (χ4n) is 3.96. The molecule has 2 fully saturated rings. The van der Waals surface area contributed by atoms with E-state index < -0.39 is 0 Å². The number of nitrogens with zero attached hydrogens (tertiary/aromatic N) is 1. The number of rotatable bonds is 6. The van der Waals surface area contributed by atoms with Gasteiger partial charge in [-0.05, 0) is 45.1 Å². The molecule has 0 bridgehead atoms. The first kappa shape index (κ1) is 15.3. The average molecular weight is 266 g/mol. The number of likely N-dealkylation sites (N-methyl/N-ethyl adjacent to an activating group) is 1. The quantitative estimate of drug-likeness (QED) is 0.736. The van der Waals surface area contributed by atoms with Gasteiger partial charge in [-0.3, -0.25) is 0 Å². The minimum Gasteiger partial charge on any atom is -0.313 e. The number of hydrogen-bond donors (Lipinski definition) is 1. The zero-order valence-corrected chi connectivity index (χ0v) is 13.2. The minimum absolute atomic E-state index is 0.800. The summed E-state index contributed by atoms with van der Waals surface area (Å²) in [6, 6.07) is 1.67. The van der Waals surface area contributed by atoms with Crippen molar-refractivity contribution in [3.63, 3.8) is 0 Å². The van der Waals surface area contributed by atoms with Crippen LogP contribution in [0.2, 0.25) is 0 Å². The number of nitrogens with one attached hydrogen (secondary N) is 1. The molecule has 1 N–H and O–H groups in total. The van der Waals surface area contributed by atoms with Gasteiger partial charge in [0.25, 0.3) is 0 Å². The predicted molar refractivity (Wildman–Crippen MR) is 83.5 cm³/mol. The standard InChI is InChI=1S/C17H34N2/c1-3-15-7-6-8-16(12-11-15)18-13-14-19(2)17-9-4-5-10-17/h15-18H,3-14H2,1-2H3. The van der Waals surface area contributed by atoms with Crippen molar-refractivity contribution in [3.8, 4) is 0 Å². The summed E-state index contributed by atoms with van der Waals surface area (Å²) >= 11 is 0. The third-order valence-corrected chi connectivity index (χ3v) is 5.51. The lowest BCUT2D eigenvalue weighted by molar-refractivity contribution is 0.240. The van der Waals surface area contributed by atoms with E-state index in [9.17, 15) is 0 Å². The van der Waals surface area contributed by atoms with Crippen molar-refractivity contribution in [2.24, 2.45) is 5.92 Å². The van der Waals surface area contributed by atoms with Crippen LogP contribution in [0.5, 0.6) is 0 Å². The molecule has 0 saturated heterocycles. The van der Waals surface area contributed by atoms with E-state index in [4.69, 9.17) is 0 Å². The summed E-state index contributed by atoms with van der Waals surface area (Å²) in [5, 5.41) is 3.82. The Kier molecular flexibility index (Phi) is 6.66. The minimum atomic E-state index is 0.800. The predicted octanol–water partition coefficient (Wildman–Crippen LogP) is 3.81. The molecule has 2 aliphatic carbocycles. The molecule has 0 spiro atoms. The van der Waals surface area contributed by atoms with Gasteiger partial charge < -0.3 is 10.2 Å². The van der Waals surface area contributed by atoms with Crippen molar-refractivity contribution < 1.29 is 0 Å². The summed E-state index contributed by atoms with van der Waals surface area (Å²) in [5.41, 5.74) is 0. The van der Waals surface area contributed by atoms with Gasteiger partial charge in [0.1, 0.15) is 0 Å². The Morgan fingerprint density at radius 1 is 0.947 bits per heavy atom. The largest absolute Gasteiger partial charge is 0.313 e.